The summed E-state index contributed by atoms with van der Waals surface area (Å²) in [6, 6.07) is 15.4. The standard InChI is InChI=1S/C25H28ClN3O4/c1-3-32-23-11-7-10-21-19(23)16-22(29(21)17-18-8-5-6-9-20(18)26)24(30)27-12-14-28(15-13-27)25(31)33-4-2/h5-11,16H,3-4,12-15,17H2,1-2H3. The fourth-order valence-electron chi connectivity index (χ4n) is 4.15. The molecule has 7 nitrogen and oxygen atoms in total. The molecule has 33 heavy (non-hydrogen) atoms. The second-order valence-corrected chi connectivity index (χ2v) is 8.21. The number of nitrogens with zero attached hydrogens (tertiary/aromatic N) is 3. The molecule has 2 amide bonds. The fourth-order valence-corrected chi connectivity index (χ4v) is 4.35. The lowest BCUT2D eigenvalue weighted by atomic mass is 10.2. The van der Waals surface area contributed by atoms with Crippen LogP contribution in [0.2, 0.25) is 5.02 Å². The van der Waals surface area contributed by atoms with Gasteiger partial charge in [0.2, 0.25) is 0 Å². The molecule has 0 bridgehead atoms. The SMILES string of the molecule is CCOC(=O)N1CCN(C(=O)c2cc3c(OCC)cccc3n2Cc2ccccc2Cl)CC1. The van der Waals surface area contributed by atoms with Gasteiger partial charge >= 0.3 is 6.09 Å². The fraction of sp³-hybridized carbons (Fsp3) is 0.360. The molecule has 3 aromatic rings. The molecule has 1 aliphatic heterocycles. The zero-order valence-electron chi connectivity index (χ0n) is 18.9. The molecule has 0 unspecified atom stereocenters. The Morgan fingerprint density at radius 3 is 2.36 bits per heavy atom. The molecule has 0 radical (unpaired) electrons. The van der Waals surface area contributed by atoms with Gasteiger partial charge in [0.05, 0.1) is 18.7 Å². The maximum Gasteiger partial charge on any atom is 0.409 e. The van der Waals surface area contributed by atoms with Gasteiger partial charge in [0, 0.05) is 43.1 Å². The number of hydrogen-bond acceptors (Lipinski definition) is 4. The van der Waals surface area contributed by atoms with Crippen LogP contribution in [0.1, 0.15) is 29.9 Å². The highest BCUT2D eigenvalue weighted by molar-refractivity contribution is 6.31. The Morgan fingerprint density at radius 2 is 1.67 bits per heavy atom. The lowest BCUT2D eigenvalue weighted by Crippen LogP contribution is -2.51. The van der Waals surface area contributed by atoms with E-state index < -0.39 is 0 Å². The van der Waals surface area contributed by atoms with Crippen LogP contribution in [0, 0.1) is 0 Å². The number of amides is 2. The van der Waals surface area contributed by atoms with Gasteiger partial charge in [-0.25, -0.2) is 4.79 Å². The van der Waals surface area contributed by atoms with Gasteiger partial charge in [-0.05, 0) is 43.7 Å². The first kappa shape index (κ1) is 23.0. The average molecular weight is 470 g/mol. The molecular weight excluding hydrogens is 442 g/mol. The highest BCUT2D eigenvalue weighted by Crippen LogP contribution is 2.31. The molecule has 1 aromatic heterocycles. The summed E-state index contributed by atoms with van der Waals surface area (Å²) in [5.41, 5.74) is 2.41. The topological polar surface area (TPSA) is 64.0 Å². The molecule has 2 heterocycles. The lowest BCUT2D eigenvalue weighted by Gasteiger charge is -2.34. The summed E-state index contributed by atoms with van der Waals surface area (Å²) in [4.78, 5) is 29.1. The lowest BCUT2D eigenvalue weighted by molar-refractivity contribution is 0.0563. The van der Waals surface area contributed by atoms with Crippen molar-refractivity contribution in [2.45, 2.75) is 20.4 Å². The van der Waals surface area contributed by atoms with Crippen LogP contribution < -0.4 is 4.74 Å². The smallest absolute Gasteiger partial charge is 0.409 e. The van der Waals surface area contributed by atoms with E-state index in [1.54, 1.807) is 16.7 Å². The molecule has 174 valence electrons. The van der Waals surface area contributed by atoms with Crippen molar-refractivity contribution in [2.75, 3.05) is 39.4 Å². The molecule has 0 aliphatic carbocycles. The van der Waals surface area contributed by atoms with Gasteiger partial charge < -0.3 is 23.8 Å². The molecule has 1 saturated heterocycles. The molecule has 0 N–H and O–H groups in total. The molecule has 1 fully saturated rings. The third kappa shape index (κ3) is 4.78. The predicted molar refractivity (Wildman–Crippen MR) is 128 cm³/mol. The van der Waals surface area contributed by atoms with Gasteiger partial charge in [0.15, 0.2) is 0 Å². The first-order valence-corrected chi connectivity index (χ1v) is 11.6. The van der Waals surface area contributed by atoms with E-state index in [4.69, 9.17) is 21.1 Å². The average Bonchev–Trinajstić information content (AvgIpc) is 3.20. The first-order chi connectivity index (χ1) is 16.0. The van der Waals surface area contributed by atoms with Crippen LogP contribution in [0.15, 0.2) is 48.5 Å². The molecule has 2 aromatic carbocycles. The number of carbonyl (C=O) groups excluding carboxylic acids is 2. The van der Waals surface area contributed by atoms with Crippen LogP contribution >= 0.6 is 11.6 Å². The van der Waals surface area contributed by atoms with Gasteiger partial charge in [0.1, 0.15) is 11.4 Å². The molecule has 0 saturated carbocycles. The van der Waals surface area contributed by atoms with Gasteiger partial charge in [-0.3, -0.25) is 4.79 Å². The first-order valence-electron chi connectivity index (χ1n) is 11.2. The summed E-state index contributed by atoms with van der Waals surface area (Å²) in [7, 11) is 0. The Labute approximate surface area is 198 Å². The summed E-state index contributed by atoms with van der Waals surface area (Å²) in [5.74, 6) is 0.665. The zero-order valence-corrected chi connectivity index (χ0v) is 19.7. The van der Waals surface area contributed by atoms with Crippen LogP contribution in [0.25, 0.3) is 10.9 Å². The third-order valence-corrected chi connectivity index (χ3v) is 6.17. The number of carbonyl (C=O) groups is 2. The van der Waals surface area contributed by atoms with Gasteiger partial charge in [-0.15, -0.1) is 0 Å². The summed E-state index contributed by atoms with van der Waals surface area (Å²) in [5, 5.41) is 1.54. The molecule has 1 aliphatic rings. The van der Waals surface area contributed by atoms with Crippen molar-refractivity contribution in [3.05, 3.63) is 64.8 Å². The van der Waals surface area contributed by atoms with E-state index in [1.807, 2.05) is 60.0 Å². The highest BCUT2D eigenvalue weighted by atomic mass is 35.5. The van der Waals surface area contributed by atoms with Crippen molar-refractivity contribution >= 4 is 34.5 Å². The van der Waals surface area contributed by atoms with Crippen LogP contribution in [0.4, 0.5) is 4.79 Å². The molecule has 0 atom stereocenters. The van der Waals surface area contributed by atoms with Crippen LogP contribution in [-0.2, 0) is 11.3 Å². The third-order valence-electron chi connectivity index (χ3n) is 5.80. The van der Waals surface area contributed by atoms with Crippen molar-refractivity contribution in [1.29, 1.82) is 0 Å². The van der Waals surface area contributed by atoms with E-state index in [0.29, 0.717) is 56.7 Å². The number of halogens is 1. The summed E-state index contributed by atoms with van der Waals surface area (Å²) >= 11 is 6.44. The Morgan fingerprint density at radius 1 is 0.939 bits per heavy atom. The minimum Gasteiger partial charge on any atom is -0.493 e. The number of ether oxygens (including phenoxy) is 2. The van der Waals surface area contributed by atoms with E-state index >= 15 is 0 Å². The summed E-state index contributed by atoms with van der Waals surface area (Å²) in [6.07, 6.45) is -0.334. The van der Waals surface area contributed by atoms with E-state index in [0.717, 1.165) is 22.2 Å². The minimum atomic E-state index is -0.334. The van der Waals surface area contributed by atoms with E-state index in [-0.39, 0.29) is 12.0 Å². The molecule has 8 heteroatoms. The van der Waals surface area contributed by atoms with Crippen molar-refractivity contribution in [1.82, 2.24) is 14.4 Å². The van der Waals surface area contributed by atoms with Crippen LogP contribution in [0.5, 0.6) is 5.75 Å². The van der Waals surface area contributed by atoms with Gasteiger partial charge in [-0.2, -0.15) is 0 Å². The summed E-state index contributed by atoms with van der Waals surface area (Å²) < 4.78 is 12.9. The highest BCUT2D eigenvalue weighted by Gasteiger charge is 2.28. The normalized spacial score (nSPS) is 13.9. The Kier molecular flexibility index (Phi) is 7.08. The molecular formula is C25H28ClN3O4. The monoisotopic (exact) mass is 469 g/mol. The van der Waals surface area contributed by atoms with Crippen LogP contribution in [-0.4, -0.2) is 65.8 Å². The Bertz CT molecular complexity index is 1150. The zero-order chi connectivity index (χ0) is 23.4. The van der Waals surface area contributed by atoms with Crippen molar-refractivity contribution in [3.63, 3.8) is 0 Å². The number of benzene rings is 2. The van der Waals surface area contributed by atoms with E-state index in [9.17, 15) is 9.59 Å². The Hall–Kier alpha value is -3.19. The number of fused-ring (bicyclic) bond motifs is 1. The molecule has 4 rings (SSSR count). The quantitative estimate of drug-likeness (QED) is 0.527. The van der Waals surface area contributed by atoms with E-state index in [2.05, 4.69) is 0 Å². The number of aromatic nitrogens is 1. The maximum atomic E-state index is 13.6. The van der Waals surface area contributed by atoms with Gasteiger partial charge in [0.25, 0.3) is 5.91 Å². The largest absolute Gasteiger partial charge is 0.493 e. The van der Waals surface area contributed by atoms with Crippen molar-refractivity contribution < 1.29 is 19.1 Å². The number of hydrogen-bond donors (Lipinski definition) is 0. The second kappa shape index (κ2) is 10.2. The maximum absolute atomic E-state index is 13.6. The van der Waals surface area contributed by atoms with E-state index in [1.165, 1.54) is 0 Å². The predicted octanol–water partition coefficient (Wildman–Crippen LogP) is 4.66. The van der Waals surface area contributed by atoms with Gasteiger partial charge in [-0.1, -0.05) is 35.9 Å². The van der Waals surface area contributed by atoms with Crippen LogP contribution in [0.3, 0.4) is 0 Å². The molecule has 0 spiro atoms. The number of piperazine rings is 1. The second-order valence-electron chi connectivity index (χ2n) is 7.81. The minimum absolute atomic E-state index is 0.0794. The van der Waals surface area contributed by atoms with Crippen molar-refractivity contribution in [2.24, 2.45) is 0 Å². The summed E-state index contributed by atoms with van der Waals surface area (Å²) in [6.45, 7) is 6.84. The number of rotatable bonds is 6. The Balaban J connectivity index is 1.67. The van der Waals surface area contributed by atoms with Crippen molar-refractivity contribution in [3.8, 4) is 5.75 Å².